The molecule has 1 N–H and O–H groups in total. The molecule has 0 amide bonds. The van der Waals surface area contributed by atoms with E-state index in [1.54, 1.807) is 0 Å². The molecular weight excluding hydrogens is 412 g/mol. The van der Waals surface area contributed by atoms with Crippen LogP contribution in [0.5, 0.6) is 0 Å². The van der Waals surface area contributed by atoms with Crippen molar-refractivity contribution < 1.29 is 0 Å². The first-order valence-corrected chi connectivity index (χ1v) is 11.3. The molecule has 4 nitrogen and oxygen atoms in total. The van der Waals surface area contributed by atoms with Crippen molar-refractivity contribution in [1.82, 2.24) is 14.9 Å². The first-order valence-electron chi connectivity index (χ1n) is 10.9. The molecule has 2 atom stereocenters. The highest BCUT2D eigenvalue weighted by Gasteiger charge is 2.42. The number of hydrogen-bond donors (Lipinski definition) is 1. The van der Waals surface area contributed by atoms with Crippen LogP contribution in [0.2, 0.25) is 0 Å². The maximum atomic E-state index is 5.85. The van der Waals surface area contributed by atoms with Gasteiger partial charge in [0.2, 0.25) is 0 Å². The quantitative estimate of drug-likeness (QED) is 0.398. The van der Waals surface area contributed by atoms with E-state index in [2.05, 4.69) is 101 Å². The van der Waals surface area contributed by atoms with Crippen molar-refractivity contribution in [2.24, 2.45) is 0 Å². The molecule has 5 rings (SSSR count). The van der Waals surface area contributed by atoms with Crippen LogP contribution in [0.3, 0.4) is 0 Å². The molecular formula is C27H26N4S. The molecule has 2 aromatic heterocycles. The predicted octanol–water partition coefficient (Wildman–Crippen LogP) is 5.97. The lowest BCUT2D eigenvalue weighted by Crippen LogP contribution is -2.29. The van der Waals surface area contributed by atoms with Gasteiger partial charge in [-0.2, -0.15) is 0 Å². The van der Waals surface area contributed by atoms with Crippen molar-refractivity contribution in [3.05, 3.63) is 113 Å². The number of nitrogens with zero attached hydrogens (tertiary/aromatic N) is 3. The van der Waals surface area contributed by atoms with Gasteiger partial charge in [0, 0.05) is 29.0 Å². The largest absolute Gasteiger partial charge is 0.351 e. The smallest absolute Gasteiger partial charge is 0.174 e. The van der Waals surface area contributed by atoms with Gasteiger partial charge in [-0.1, -0.05) is 36.4 Å². The van der Waals surface area contributed by atoms with Gasteiger partial charge in [-0.05, 0) is 86.6 Å². The van der Waals surface area contributed by atoms with Gasteiger partial charge in [0.25, 0.3) is 0 Å². The number of nitrogens with one attached hydrogen (secondary N) is 1. The maximum Gasteiger partial charge on any atom is 0.174 e. The molecule has 0 radical (unpaired) electrons. The zero-order valence-corrected chi connectivity index (χ0v) is 19.3. The first-order chi connectivity index (χ1) is 15.5. The molecule has 0 saturated carbocycles. The number of para-hydroxylation sites is 1. The third kappa shape index (κ3) is 3.49. The normalized spacial score (nSPS) is 18.1. The second kappa shape index (κ2) is 8.24. The minimum atomic E-state index is -0.0460. The summed E-state index contributed by atoms with van der Waals surface area (Å²) >= 11 is 5.85. The number of aromatic nitrogens is 2. The zero-order valence-electron chi connectivity index (χ0n) is 18.5. The number of hydrogen-bond acceptors (Lipinski definition) is 2. The second-order valence-electron chi connectivity index (χ2n) is 8.33. The number of rotatable bonds is 4. The van der Waals surface area contributed by atoms with Crippen molar-refractivity contribution in [3.8, 4) is 5.69 Å². The zero-order chi connectivity index (χ0) is 22.2. The van der Waals surface area contributed by atoms with Crippen molar-refractivity contribution in [2.45, 2.75) is 32.9 Å². The van der Waals surface area contributed by atoms with E-state index >= 15 is 0 Å². The standard InChI is InChI=1S/C27H26N4S/c1-18-10-9-13-22(16-18)30-19(2)17-23(20(30)3)26-25(24-14-7-8-15-28-24)29-27(32)31(26)21-11-5-4-6-12-21/h4-17,25-26H,1-3H3,(H,29,32). The summed E-state index contributed by atoms with van der Waals surface area (Å²) in [6.07, 6.45) is 1.85. The number of pyridine rings is 1. The third-order valence-corrected chi connectivity index (χ3v) is 6.50. The summed E-state index contributed by atoms with van der Waals surface area (Å²) in [6.45, 7) is 6.50. The summed E-state index contributed by atoms with van der Waals surface area (Å²) in [5.41, 5.74) is 8.15. The van der Waals surface area contributed by atoms with Gasteiger partial charge in [-0.25, -0.2) is 0 Å². The molecule has 5 heteroatoms. The Hall–Kier alpha value is -3.44. The Bertz CT molecular complexity index is 1260. The molecule has 2 unspecified atom stereocenters. The molecule has 0 aliphatic carbocycles. The topological polar surface area (TPSA) is 33.1 Å². The Balaban J connectivity index is 1.68. The van der Waals surface area contributed by atoms with Crippen LogP contribution in [0, 0.1) is 20.8 Å². The molecule has 2 aromatic carbocycles. The molecule has 32 heavy (non-hydrogen) atoms. The monoisotopic (exact) mass is 438 g/mol. The predicted molar refractivity (Wildman–Crippen MR) is 134 cm³/mol. The summed E-state index contributed by atoms with van der Waals surface area (Å²) in [5, 5.41) is 4.28. The minimum Gasteiger partial charge on any atom is -0.351 e. The van der Waals surface area contributed by atoms with E-state index in [0.717, 1.165) is 16.5 Å². The van der Waals surface area contributed by atoms with Gasteiger partial charge >= 0.3 is 0 Å². The lowest BCUT2D eigenvalue weighted by atomic mass is 9.96. The summed E-state index contributed by atoms with van der Waals surface area (Å²) < 4.78 is 2.34. The fourth-order valence-corrected chi connectivity index (χ4v) is 5.13. The van der Waals surface area contributed by atoms with Crippen LogP contribution < -0.4 is 10.2 Å². The van der Waals surface area contributed by atoms with Gasteiger partial charge in [0.05, 0.1) is 17.8 Å². The Kier molecular flexibility index (Phi) is 5.27. The van der Waals surface area contributed by atoms with E-state index < -0.39 is 0 Å². The number of thiocarbonyl (C=S) groups is 1. The fraction of sp³-hybridized carbons (Fsp3) is 0.185. The van der Waals surface area contributed by atoms with E-state index in [-0.39, 0.29) is 12.1 Å². The Morgan fingerprint density at radius 2 is 1.59 bits per heavy atom. The highest BCUT2D eigenvalue weighted by Crippen LogP contribution is 2.43. The lowest BCUT2D eigenvalue weighted by Gasteiger charge is -2.28. The van der Waals surface area contributed by atoms with E-state index in [4.69, 9.17) is 12.2 Å². The van der Waals surface area contributed by atoms with Crippen molar-refractivity contribution >= 4 is 23.0 Å². The van der Waals surface area contributed by atoms with Crippen LogP contribution in [0.1, 0.15) is 40.3 Å². The number of aryl methyl sites for hydroxylation is 2. The average Bonchev–Trinajstić information content (AvgIpc) is 3.30. The van der Waals surface area contributed by atoms with Crippen molar-refractivity contribution in [2.75, 3.05) is 4.90 Å². The van der Waals surface area contributed by atoms with Crippen LogP contribution in [0.15, 0.2) is 85.1 Å². The van der Waals surface area contributed by atoms with Crippen molar-refractivity contribution in [1.29, 1.82) is 0 Å². The van der Waals surface area contributed by atoms with E-state index in [1.807, 2.05) is 24.4 Å². The molecule has 160 valence electrons. The third-order valence-electron chi connectivity index (χ3n) is 6.18. The second-order valence-corrected chi connectivity index (χ2v) is 8.72. The maximum absolute atomic E-state index is 5.85. The van der Waals surface area contributed by atoms with Crippen LogP contribution in [0.25, 0.3) is 5.69 Å². The Labute approximate surface area is 194 Å². The van der Waals surface area contributed by atoms with E-state index in [0.29, 0.717) is 0 Å². The van der Waals surface area contributed by atoms with Crippen molar-refractivity contribution in [3.63, 3.8) is 0 Å². The molecule has 0 spiro atoms. The average molecular weight is 439 g/mol. The Morgan fingerprint density at radius 1 is 0.844 bits per heavy atom. The van der Waals surface area contributed by atoms with Gasteiger partial charge in [-0.3, -0.25) is 4.98 Å². The van der Waals surface area contributed by atoms with Gasteiger partial charge in [0.15, 0.2) is 5.11 Å². The summed E-state index contributed by atoms with van der Waals surface area (Å²) in [7, 11) is 0. The summed E-state index contributed by atoms with van der Waals surface area (Å²) in [4.78, 5) is 6.91. The van der Waals surface area contributed by atoms with Gasteiger partial charge in [-0.15, -0.1) is 0 Å². The molecule has 0 bridgehead atoms. The van der Waals surface area contributed by atoms with E-state index in [1.165, 1.54) is 28.2 Å². The Morgan fingerprint density at radius 3 is 2.31 bits per heavy atom. The molecule has 1 fully saturated rings. The molecule has 4 aromatic rings. The molecule has 3 heterocycles. The van der Waals surface area contributed by atoms with Crippen LogP contribution in [-0.4, -0.2) is 14.7 Å². The first kappa shape index (κ1) is 20.5. The fourth-order valence-electron chi connectivity index (χ4n) is 4.79. The summed E-state index contributed by atoms with van der Waals surface area (Å²) in [6, 6.07) is 27.3. The highest BCUT2D eigenvalue weighted by molar-refractivity contribution is 7.80. The van der Waals surface area contributed by atoms with Crippen LogP contribution in [0.4, 0.5) is 5.69 Å². The number of benzene rings is 2. The molecule has 1 aliphatic rings. The summed E-state index contributed by atoms with van der Waals surface area (Å²) in [5.74, 6) is 0. The van der Waals surface area contributed by atoms with Gasteiger partial charge in [0.1, 0.15) is 0 Å². The highest BCUT2D eigenvalue weighted by atomic mass is 32.1. The van der Waals surface area contributed by atoms with Crippen LogP contribution >= 0.6 is 12.2 Å². The minimum absolute atomic E-state index is 0.00967. The SMILES string of the molecule is Cc1cccc(-n2c(C)cc(C3C(c4ccccn4)NC(=S)N3c3ccccc3)c2C)c1. The molecule has 1 aliphatic heterocycles. The number of anilines is 1. The van der Waals surface area contributed by atoms with Gasteiger partial charge < -0.3 is 14.8 Å². The lowest BCUT2D eigenvalue weighted by molar-refractivity contribution is 0.565. The van der Waals surface area contributed by atoms with E-state index in [9.17, 15) is 0 Å². The van der Waals surface area contributed by atoms with Crippen LogP contribution in [-0.2, 0) is 0 Å². The molecule has 1 saturated heterocycles.